The third kappa shape index (κ3) is 3.48. The number of benzene rings is 1. The molecule has 2 rings (SSSR count). The van der Waals surface area contributed by atoms with Crippen LogP contribution in [0.3, 0.4) is 0 Å². The van der Waals surface area contributed by atoms with Crippen LogP contribution in [0.4, 0.5) is 0 Å². The summed E-state index contributed by atoms with van der Waals surface area (Å²) in [5, 5.41) is 8.91. The molecule has 0 N–H and O–H groups in total. The van der Waals surface area contributed by atoms with Gasteiger partial charge in [-0.2, -0.15) is 9.57 Å². The second-order valence-electron chi connectivity index (χ2n) is 5.31. The van der Waals surface area contributed by atoms with Gasteiger partial charge in [-0.15, -0.1) is 0 Å². The summed E-state index contributed by atoms with van der Waals surface area (Å²) in [6, 6.07) is 7.19. The molecule has 1 aliphatic rings. The SMILES string of the molecule is CCCN([C@@H]1CCS(=O)(=O)C1)S(=O)(=O)c1cccc(C#N)c1. The first kappa shape index (κ1) is 16.9. The lowest BCUT2D eigenvalue weighted by Gasteiger charge is -2.27. The van der Waals surface area contributed by atoms with Crippen molar-refractivity contribution in [3.8, 4) is 6.07 Å². The van der Waals surface area contributed by atoms with E-state index in [1.54, 1.807) is 0 Å². The molecule has 0 aromatic heterocycles. The largest absolute Gasteiger partial charge is 0.243 e. The standard InChI is InChI=1S/C14H18N2O4S2/c1-2-7-16(13-6-8-21(17,18)11-13)22(19,20)14-5-3-4-12(9-14)10-15/h3-5,9,13H,2,6-8,11H2,1H3/t13-/m1/s1. The Morgan fingerprint density at radius 3 is 2.68 bits per heavy atom. The van der Waals surface area contributed by atoms with Crippen molar-refractivity contribution in [2.24, 2.45) is 0 Å². The van der Waals surface area contributed by atoms with Gasteiger partial charge >= 0.3 is 0 Å². The van der Waals surface area contributed by atoms with Gasteiger partial charge in [-0.1, -0.05) is 13.0 Å². The normalized spacial score (nSPS) is 20.9. The highest BCUT2D eigenvalue weighted by Gasteiger charge is 2.38. The van der Waals surface area contributed by atoms with Crippen LogP contribution >= 0.6 is 0 Å². The molecular formula is C14H18N2O4S2. The number of hydrogen-bond acceptors (Lipinski definition) is 5. The Hall–Kier alpha value is -1.43. The van der Waals surface area contributed by atoms with Crippen LogP contribution in [0.25, 0.3) is 0 Å². The summed E-state index contributed by atoms with van der Waals surface area (Å²) in [6.07, 6.45) is 0.910. The van der Waals surface area contributed by atoms with Crippen molar-refractivity contribution in [2.75, 3.05) is 18.1 Å². The van der Waals surface area contributed by atoms with E-state index in [1.165, 1.54) is 28.6 Å². The number of hydrogen-bond donors (Lipinski definition) is 0. The predicted octanol–water partition coefficient (Wildman–Crippen LogP) is 1.15. The summed E-state index contributed by atoms with van der Waals surface area (Å²) in [4.78, 5) is 0.0318. The number of nitrogens with zero attached hydrogens (tertiary/aromatic N) is 2. The molecule has 0 radical (unpaired) electrons. The summed E-state index contributed by atoms with van der Waals surface area (Å²) < 4.78 is 50.2. The monoisotopic (exact) mass is 342 g/mol. The van der Waals surface area contributed by atoms with Crippen LogP contribution in [-0.4, -0.2) is 45.2 Å². The molecule has 0 saturated carbocycles. The van der Waals surface area contributed by atoms with Crippen molar-refractivity contribution in [1.82, 2.24) is 4.31 Å². The van der Waals surface area contributed by atoms with Crippen molar-refractivity contribution < 1.29 is 16.8 Å². The summed E-state index contributed by atoms with van der Waals surface area (Å²) in [6.45, 7) is 2.11. The third-order valence-electron chi connectivity index (χ3n) is 3.63. The van der Waals surface area contributed by atoms with Gasteiger partial charge in [0.15, 0.2) is 9.84 Å². The Bertz CT molecular complexity index is 794. The van der Waals surface area contributed by atoms with Crippen molar-refractivity contribution in [2.45, 2.75) is 30.7 Å². The molecule has 0 aliphatic carbocycles. The average Bonchev–Trinajstić information content (AvgIpc) is 2.84. The number of sulfone groups is 1. The van der Waals surface area contributed by atoms with E-state index in [0.29, 0.717) is 12.8 Å². The van der Waals surface area contributed by atoms with Crippen LogP contribution in [0.1, 0.15) is 25.3 Å². The Morgan fingerprint density at radius 2 is 2.14 bits per heavy atom. The van der Waals surface area contributed by atoms with Gasteiger partial charge in [0, 0.05) is 12.6 Å². The Balaban J connectivity index is 2.40. The van der Waals surface area contributed by atoms with Crippen molar-refractivity contribution in [1.29, 1.82) is 5.26 Å². The zero-order valence-corrected chi connectivity index (χ0v) is 13.9. The van der Waals surface area contributed by atoms with E-state index in [0.717, 1.165) is 0 Å². The maximum atomic E-state index is 12.8. The predicted molar refractivity (Wildman–Crippen MR) is 82.4 cm³/mol. The first-order valence-corrected chi connectivity index (χ1v) is 10.3. The molecule has 0 unspecified atom stereocenters. The van der Waals surface area contributed by atoms with E-state index >= 15 is 0 Å². The highest BCUT2D eigenvalue weighted by Crippen LogP contribution is 2.25. The molecule has 6 nitrogen and oxygen atoms in total. The van der Waals surface area contributed by atoms with Gasteiger partial charge in [-0.3, -0.25) is 0 Å². The van der Waals surface area contributed by atoms with Gasteiger partial charge in [0.05, 0.1) is 28.0 Å². The third-order valence-corrected chi connectivity index (χ3v) is 7.33. The van der Waals surface area contributed by atoms with Gasteiger partial charge in [-0.25, -0.2) is 16.8 Å². The first-order chi connectivity index (χ1) is 10.3. The average molecular weight is 342 g/mol. The van der Waals surface area contributed by atoms with E-state index in [2.05, 4.69) is 0 Å². The fourth-order valence-corrected chi connectivity index (χ4v) is 6.20. The molecule has 1 aromatic rings. The summed E-state index contributed by atoms with van der Waals surface area (Å²) in [5.41, 5.74) is 0.261. The van der Waals surface area contributed by atoms with Crippen LogP contribution < -0.4 is 0 Å². The van der Waals surface area contributed by atoms with Gasteiger partial charge in [-0.05, 0) is 31.0 Å². The molecule has 1 atom stereocenters. The topological polar surface area (TPSA) is 95.3 Å². The quantitative estimate of drug-likeness (QED) is 0.800. The van der Waals surface area contributed by atoms with E-state index in [4.69, 9.17) is 5.26 Å². The fourth-order valence-electron chi connectivity index (χ4n) is 2.58. The Labute approximate surface area is 131 Å². The van der Waals surface area contributed by atoms with Crippen LogP contribution in [0.2, 0.25) is 0 Å². The second-order valence-corrected chi connectivity index (χ2v) is 9.43. The van der Waals surface area contributed by atoms with Gasteiger partial charge in [0.1, 0.15) is 0 Å². The van der Waals surface area contributed by atoms with Gasteiger partial charge in [0.2, 0.25) is 10.0 Å². The number of rotatable bonds is 5. The molecular weight excluding hydrogens is 324 g/mol. The van der Waals surface area contributed by atoms with Crippen molar-refractivity contribution in [3.05, 3.63) is 29.8 Å². The minimum absolute atomic E-state index is 0.0195. The van der Waals surface area contributed by atoms with Gasteiger partial charge in [0.25, 0.3) is 0 Å². The highest BCUT2D eigenvalue weighted by atomic mass is 32.2. The molecule has 1 aromatic carbocycles. The van der Waals surface area contributed by atoms with E-state index in [1.807, 2.05) is 13.0 Å². The molecule has 0 amide bonds. The molecule has 120 valence electrons. The van der Waals surface area contributed by atoms with Crippen molar-refractivity contribution in [3.63, 3.8) is 0 Å². The lowest BCUT2D eigenvalue weighted by atomic mass is 10.2. The maximum Gasteiger partial charge on any atom is 0.243 e. The van der Waals surface area contributed by atoms with Crippen molar-refractivity contribution >= 4 is 19.9 Å². The summed E-state index contributed by atoms with van der Waals surface area (Å²) >= 11 is 0. The lowest BCUT2D eigenvalue weighted by Crippen LogP contribution is -2.41. The van der Waals surface area contributed by atoms with E-state index in [-0.39, 0.29) is 28.5 Å². The maximum absolute atomic E-state index is 12.8. The van der Waals surface area contributed by atoms with Gasteiger partial charge < -0.3 is 0 Å². The van der Waals surface area contributed by atoms with Crippen LogP contribution in [0, 0.1) is 11.3 Å². The molecule has 0 spiro atoms. The highest BCUT2D eigenvalue weighted by molar-refractivity contribution is 7.92. The Kier molecular flexibility index (Phi) is 4.90. The molecule has 22 heavy (non-hydrogen) atoms. The molecule has 1 aliphatic heterocycles. The fraction of sp³-hybridized carbons (Fsp3) is 0.500. The van der Waals surface area contributed by atoms with Crippen LogP contribution in [0.5, 0.6) is 0 Å². The minimum atomic E-state index is -3.81. The second kappa shape index (κ2) is 6.36. The number of nitriles is 1. The zero-order chi connectivity index (χ0) is 16.4. The van der Waals surface area contributed by atoms with Crippen LogP contribution in [-0.2, 0) is 19.9 Å². The number of sulfonamides is 1. The smallest absolute Gasteiger partial charge is 0.229 e. The summed E-state index contributed by atoms with van der Waals surface area (Å²) in [7, 11) is -6.98. The molecule has 1 fully saturated rings. The van der Waals surface area contributed by atoms with Crippen LogP contribution in [0.15, 0.2) is 29.2 Å². The molecule has 8 heteroatoms. The lowest BCUT2D eigenvalue weighted by molar-refractivity contribution is 0.340. The minimum Gasteiger partial charge on any atom is -0.229 e. The molecule has 1 saturated heterocycles. The van der Waals surface area contributed by atoms with E-state index < -0.39 is 25.9 Å². The summed E-state index contributed by atoms with van der Waals surface area (Å²) in [5.74, 6) is -0.115. The Morgan fingerprint density at radius 1 is 1.41 bits per heavy atom. The molecule has 1 heterocycles. The first-order valence-electron chi connectivity index (χ1n) is 7.02. The van der Waals surface area contributed by atoms with E-state index in [9.17, 15) is 16.8 Å². The molecule has 0 bridgehead atoms. The zero-order valence-electron chi connectivity index (χ0n) is 12.3.